The molecule has 0 atom stereocenters. The van der Waals surface area contributed by atoms with Gasteiger partial charge in [0.1, 0.15) is 11.5 Å². The number of halogens is 1. The highest BCUT2D eigenvalue weighted by atomic mass is 35.5. The average Bonchev–Trinajstić information content (AvgIpc) is 2.40. The lowest BCUT2D eigenvalue weighted by molar-refractivity contribution is 0.0787. The summed E-state index contributed by atoms with van der Waals surface area (Å²) < 4.78 is 0. The minimum absolute atomic E-state index is 0.124. The molecule has 0 bridgehead atoms. The molecule has 0 aliphatic carbocycles. The highest BCUT2D eigenvalue weighted by Gasteiger charge is 2.17. The van der Waals surface area contributed by atoms with Crippen LogP contribution in [0.5, 0.6) is 0 Å². The number of nitrogens with one attached hydrogen (secondary N) is 1. The number of carbonyl (C=O) groups is 1. The van der Waals surface area contributed by atoms with Crippen LogP contribution in [0.2, 0.25) is 5.02 Å². The van der Waals surface area contributed by atoms with Crippen LogP contribution in [0.3, 0.4) is 0 Å². The summed E-state index contributed by atoms with van der Waals surface area (Å²) in [5, 5.41) is 3.48. The van der Waals surface area contributed by atoms with E-state index in [1.54, 1.807) is 24.1 Å². The lowest BCUT2D eigenvalue weighted by Gasteiger charge is -2.17. The first-order valence-electron chi connectivity index (χ1n) is 6.76. The lowest BCUT2D eigenvalue weighted by Crippen LogP contribution is -2.29. The molecule has 19 heavy (non-hydrogen) atoms. The Hall–Kier alpha value is -1.29. The van der Waals surface area contributed by atoms with E-state index in [-0.39, 0.29) is 5.91 Å². The second-order valence-corrected chi connectivity index (χ2v) is 4.90. The fraction of sp³-hybridized carbons (Fsp3) is 0.571. The first kappa shape index (κ1) is 15.8. The van der Waals surface area contributed by atoms with Crippen LogP contribution in [0.25, 0.3) is 0 Å². The maximum atomic E-state index is 12.3. The lowest BCUT2D eigenvalue weighted by atomic mass is 10.2. The Morgan fingerprint density at radius 1 is 1.37 bits per heavy atom. The zero-order valence-electron chi connectivity index (χ0n) is 11.9. The molecule has 0 spiro atoms. The van der Waals surface area contributed by atoms with E-state index in [2.05, 4.69) is 17.2 Å². The standard InChI is InChI=1S/C14H22ClN3O/c1-4-6-7-10-18(3)14(19)13-11(15)8-9-12(17-13)16-5-2/h8-9H,4-7,10H2,1-3H3,(H,16,17). The maximum Gasteiger partial charge on any atom is 0.273 e. The van der Waals surface area contributed by atoms with Crippen molar-refractivity contribution in [3.05, 3.63) is 22.8 Å². The number of amides is 1. The molecule has 1 heterocycles. The van der Waals surface area contributed by atoms with E-state index in [1.165, 1.54) is 0 Å². The molecule has 1 aromatic heterocycles. The van der Waals surface area contributed by atoms with Crippen LogP contribution in [-0.2, 0) is 0 Å². The fourth-order valence-electron chi connectivity index (χ4n) is 1.75. The molecule has 0 aliphatic rings. The Labute approximate surface area is 120 Å². The van der Waals surface area contributed by atoms with Gasteiger partial charge in [0.05, 0.1) is 5.02 Å². The molecule has 0 fully saturated rings. The predicted octanol–water partition coefficient (Wildman–Crippen LogP) is 3.43. The van der Waals surface area contributed by atoms with E-state index < -0.39 is 0 Å². The van der Waals surface area contributed by atoms with Gasteiger partial charge >= 0.3 is 0 Å². The van der Waals surface area contributed by atoms with Gasteiger partial charge in [0.15, 0.2) is 0 Å². The highest BCUT2D eigenvalue weighted by Crippen LogP contribution is 2.18. The van der Waals surface area contributed by atoms with Crippen LogP contribution in [0.4, 0.5) is 5.82 Å². The Bertz CT molecular complexity index is 423. The third kappa shape index (κ3) is 4.71. The Morgan fingerprint density at radius 2 is 2.11 bits per heavy atom. The number of pyridine rings is 1. The molecule has 1 aromatic rings. The summed E-state index contributed by atoms with van der Waals surface area (Å²) in [5.41, 5.74) is 0.319. The quantitative estimate of drug-likeness (QED) is 0.780. The summed E-state index contributed by atoms with van der Waals surface area (Å²) in [7, 11) is 1.79. The molecular formula is C14H22ClN3O. The van der Waals surface area contributed by atoms with Crippen molar-refractivity contribution in [2.24, 2.45) is 0 Å². The van der Waals surface area contributed by atoms with Gasteiger partial charge in [-0.25, -0.2) is 4.98 Å². The highest BCUT2D eigenvalue weighted by molar-refractivity contribution is 6.33. The molecule has 4 nitrogen and oxygen atoms in total. The number of hydrogen-bond donors (Lipinski definition) is 1. The van der Waals surface area contributed by atoms with Crippen molar-refractivity contribution in [2.45, 2.75) is 33.1 Å². The molecule has 0 aromatic carbocycles. The smallest absolute Gasteiger partial charge is 0.273 e. The van der Waals surface area contributed by atoms with Crippen LogP contribution in [0, 0.1) is 0 Å². The van der Waals surface area contributed by atoms with Crippen LogP contribution in [-0.4, -0.2) is 35.9 Å². The van der Waals surface area contributed by atoms with E-state index in [1.807, 2.05) is 6.92 Å². The van der Waals surface area contributed by atoms with Crippen molar-refractivity contribution >= 4 is 23.3 Å². The average molecular weight is 284 g/mol. The second kappa shape index (κ2) is 8.00. The van der Waals surface area contributed by atoms with Crippen molar-refractivity contribution in [3.63, 3.8) is 0 Å². The van der Waals surface area contributed by atoms with Crippen molar-refractivity contribution < 1.29 is 4.79 Å². The van der Waals surface area contributed by atoms with Gasteiger partial charge in [-0.1, -0.05) is 31.4 Å². The minimum Gasteiger partial charge on any atom is -0.370 e. The molecule has 0 saturated carbocycles. The fourth-order valence-corrected chi connectivity index (χ4v) is 1.94. The number of carbonyl (C=O) groups excluding carboxylic acids is 1. The van der Waals surface area contributed by atoms with E-state index >= 15 is 0 Å². The van der Waals surface area contributed by atoms with Crippen LogP contribution in [0.15, 0.2) is 12.1 Å². The van der Waals surface area contributed by atoms with Gasteiger partial charge in [-0.3, -0.25) is 4.79 Å². The number of unbranched alkanes of at least 4 members (excludes halogenated alkanes) is 2. The normalized spacial score (nSPS) is 10.3. The SMILES string of the molecule is CCCCCN(C)C(=O)c1nc(NCC)ccc1Cl. The number of anilines is 1. The van der Waals surface area contributed by atoms with Gasteiger partial charge in [-0.15, -0.1) is 0 Å². The molecule has 0 radical (unpaired) electrons. The molecule has 1 amide bonds. The van der Waals surface area contributed by atoms with E-state index in [0.29, 0.717) is 16.5 Å². The summed E-state index contributed by atoms with van der Waals surface area (Å²) in [5.74, 6) is 0.554. The van der Waals surface area contributed by atoms with Gasteiger partial charge in [0.2, 0.25) is 0 Å². The number of aromatic nitrogens is 1. The van der Waals surface area contributed by atoms with Gasteiger partial charge in [0.25, 0.3) is 5.91 Å². The monoisotopic (exact) mass is 283 g/mol. The number of rotatable bonds is 7. The van der Waals surface area contributed by atoms with E-state index in [0.717, 1.165) is 32.4 Å². The molecule has 0 unspecified atom stereocenters. The Balaban J connectivity index is 2.76. The summed E-state index contributed by atoms with van der Waals surface area (Å²) >= 11 is 6.06. The Morgan fingerprint density at radius 3 is 2.74 bits per heavy atom. The zero-order chi connectivity index (χ0) is 14.3. The van der Waals surface area contributed by atoms with Crippen LogP contribution < -0.4 is 5.32 Å². The van der Waals surface area contributed by atoms with Gasteiger partial charge < -0.3 is 10.2 Å². The third-order valence-corrected chi connectivity index (χ3v) is 3.16. The minimum atomic E-state index is -0.124. The van der Waals surface area contributed by atoms with Crippen molar-refractivity contribution in [1.82, 2.24) is 9.88 Å². The van der Waals surface area contributed by atoms with E-state index in [9.17, 15) is 4.79 Å². The van der Waals surface area contributed by atoms with Crippen LogP contribution >= 0.6 is 11.6 Å². The first-order chi connectivity index (χ1) is 9.10. The van der Waals surface area contributed by atoms with Crippen molar-refractivity contribution in [1.29, 1.82) is 0 Å². The maximum absolute atomic E-state index is 12.3. The second-order valence-electron chi connectivity index (χ2n) is 4.49. The largest absolute Gasteiger partial charge is 0.370 e. The summed E-state index contributed by atoms with van der Waals surface area (Å²) in [6.45, 7) is 5.61. The summed E-state index contributed by atoms with van der Waals surface area (Å²) in [6, 6.07) is 3.49. The van der Waals surface area contributed by atoms with Crippen molar-refractivity contribution in [2.75, 3.05) is 25.5 Å². The van der Waals surface area contributed by atoms with Gasteiger partial charge in [-0.05, 0) is 25.5 Å². The van der Waals surface area contributed by atoms with Gasteiger partial charge in [-0.2, -0.15) is 0 Å². The van der Waals surface area contributed by atoms with Crippen molar-refractivity contribution in [3.8, 4) is 0 Å². The van der Waals surface area contributed by atoms with Gasteiger partial charge in [0, 0.05) is 20.1 Å². The summed E-state index contributed by atoms with van der Waals surface area (Å²) in [4.78, 5) is 18.2. The topological polar surface area (TPSA) is 45.2 Å². The first-order valence-corrected chi connectivity index (χ1v) is 7.13. The molecule has 1 N–H and O–H groups in total. The molecular weight excluding hydrogens is 262 g/mol. The molecule has 5 heteroatoms. The molecule has 106 valence electrons. The number of hydrogen-bond acceptors (Lipinski definition) is 3. The number of nitrogens with zero attached hydrogens (tertiary/aromatic N) is 2. The Kier molecular flexibility index (Phi) is 6.64. The summed E-state index contributed by atoms with van der Waals surface area (Å²) in [6.07, 6.45) is 3.26. The predicted molar refractivity (Wildman–Crippen MR) is 79.9 cm³/mol. The van der Waals surface area contributed by atoms with E-state index in [4.69, 9.17) is 11.6 Å². The molecule has 0 aliphatic heterocycles. The zero-order valence-corrected chi connectivity index (χ0v) is 12.6. The third-order valence-electron chi connectivity index (χ3n) is 2.85. The molecule has 1 rings (SSSR count). The molecule has 0 saturated heterocycles. The van der Waals surface area contributed by atoms with Crippen LogP contribution in [0.1, 0.15) is 43.6 Å².